The molecule has 2 aromatic rings. The fourth-order valence-corrected chi connectivity index (χ4v) is 1.20. The summed E-state index contributed by atoms with van der Waals surface area (Å²) in [6.45, 7) is 12.9. The largest absolute Gasteiger partial charge is 0.199 e. The summed E-state index contributed by atoms with van der Waals surface area (Å²) < 4.78 is 0. The van der Waals surface area contributed by atoms with Gasteiger partial charge in [-0.05, 0) is 0 Å². The Morgan fingerprint density at radius 2 is 0.842 bits per heavy atom. The maximum absolute atomic E-state index is 2.21. The van der Waals surface area contributed by atoms with E-state index in [4.69, 9.17) is 0 Å². The maximum Gasteiger partial charge on any atom is 0.0213 e. The van der Waals surface area contributed by atoms with Crippen molar-refractivity contribution in [1.82, 2.24) is 0 Å². The Kier molecular flexibility index (Phi) is 18.8. The number of hydrogen-bond donors (Lipinski definition) is 0. The summed E-state index contributed by atoms with van der Waals surface area (Å²) in [7, 11) is 0.750. The standard InChI is InChI=1S/2C7H9.C2H7Si.ClH.Y/c2*1-6-4-3-5-7(6)2;1-3-2;;/h2*3-5H,1-2H3;3H,1-2H3;1H;/q2*-1;;;. The van der Waals surface area contributed by atoms with Crippen LogP contribution in [-0.2, 0) is 32.7 Å². The molecule has 0 aliphatic heterocycles. The average molecular weight is 371 g/mol. The molecule has 0 saturated carbocycles. The van der Waals surface area contributed by atoms with Crippen molar-refractivity contribution in [2.75, 3.05) is 0 Å². The zero-order chi connectivity index (χ0) is 13.3. The number of aryl methyl sites for hydroxylation is 4. The van der Waals surface area contributed by atoms with Crippen LogP contribution >= 0.6 is 12.4 Å². The minimum absolute atomic E-state index is 0. The molecule has 0 atom stereocenters. The number of hydrogen-bond acceptors (Lipinski definition) is 0. The van der Waals surface area contributed by atoms with Crippen molar-refractivity contribution in [3.8, 4) is 0 Å². The minimum Gasteiger partial charge on any atom is -0.199 e. The first-order chi connectivity index (χ1) is 8.02. The summed E-state index contributed by atoms with van der Waals surface area (Å²) in [5.74, 6) is 0. The van der Waals surface area contributed by atoms with Crippen molar-refractivity contribution < 1.29 is 32.7 Å². The van der Waals surface area contributed by atoms with Gasteiger partial charge in [0, 0.05) is 42.2 Å². The number of rotatable bonds is 0. The van der Waals surface area contributed by atoms with Crippen LogP contribution in [0.1, 0.15) is 22.3 Å². The van der Waals surface area contributed by atoms with E-state index in [1.54, 1.807) is 0 Å². The molecule has 0 heterocycles. The third-order valence-corrected chi connectivity index (χ3v) is 2.63. The normalized spacial score (nSPS) is 7.89. The Hall–Kier alpha value is 0.311. The summed E-state index contributed by atoms with van der Waals surface area (Å²) >= 11 is 0. The molecule has 0 spiro atoms. The van der Waals surface area contributed by atoms with Gasteiger partial charge in [-0.3, -0.25) is 0 Å². The third kappa shape index (κ3) is 11.8. The van der Waals surface area contributed by atoms with Gasteiger partial charge in [-0.15, -0.1) is 12.4 Å². The Morgan fingerprint density at radius 1 is 0.684 bits per heavy atom. The molecule has 2 radical (unpaired) electrons. The van der Waals surface area contributed by atoms with Crippen molar-refractivity contribution in [3.63, 3.8) is 0 Å². The van der Waals surface area contributed by atoms with Crippen LogP contribution < -0.4 is 0 Å². The molecule has 0 aliphatic carbocycles. The summed E-state index contributed by atoms with van der Waals surface area (Å²) in [6, 6.07) is 12.6. The monoisotopic (exact) mass is 370 g/mol. The van der Waals surface area contributed by atoms with Crippen LogP contribution in [0.2, 0.25) is 13.1 Å². The SMILES string of the molecule is C[SiH]C.Cc1c[cH-]cc1C.Cc1c[cH-]cc1C.Cl.[Y]. The minimum atomic E-state index is 0. The molecule has 0 nitrogen and oxygen atoms in total. The fourth-order valence-electron chi connectivity index (χ4n) is 1.20. The van der Waals surface area contributed by atoms with Crippen molar-refractivity contribution in [2.24, 2.45) is 0 Å². The van der Waals surface area contributed by atoms with E-state index in [0.717, 1.165) is 9.52 Å². The van der Waals surface area contributed by atoms with Crippen LogP contribution in [0.25, 0.3) is 0 Å². The second kappa shape index (κ2) is 14.7. The van der Waals surface area contributed by atoms with E-state index in [1.165, 1.54) is 22.3 Å². The van der Waals surface area contributed by atoms with E-state index in [-0.39, 0.29) is 45.1 Å². The summed E-state index contributed by atoms with van der Waals surface area (Å²) in [4.78, 5) is 0. The van der Waals surface area contributed by atoms with Gasteiger partial charge in [0.05, 0.1) is 0 Å². The first kappa shape index (κ1) is 24.3. The van der Waals surface area contributed by atoms with Gasteiger partial charge in [0.2, 0.25) is 0 Å². The predicted octanol–water partition coefficient (Wildman–Crippen LogP) is 4.98. The second-order valence-corrected chi connectivity index (χ2v) is 5.52. The van der Waals surface area contributed by atoms with Gasteiger partial charge in [-0.2, -0.15) is 58.7 Å². The smallest absolute Gasteiger partial charge is 0.0213 e. The molecular formula is C16H26ClSiY-2. The third-order valence-electron chi connectivity index (χ3n) is 2.63. The molecule has 106 valence electrons. The molecule has 19 heavy (non-hydrogen) atoms. The van der Waals surface area contributed by atoms with E-state index in [1.807, 2.05) is 0 Å². The van der Waals surface area contributed by atoms with E-state index in [2.05, 4.69) is 77.2 Å². The Labute approximate surface area is 153 Å². The van der Waals surface area contributed by atoms with Crippen LogP contribution in [0.4, 0.5) is 0 Å². The van der Waals surface area contributed by atoms with Gasteiger partial charge in [0.15, 0.2) is 0 Å². The molecule has 0 aliphatic rings. The quantitative estimate of drug-likeness (QED) is 0.453. The average Bonchev–Trinajstić information content (AvgIpc) is 2.81. The Balaban J connectivity index is -0.000000207. The molecule has 0 aromatic heterocycles. The van der Waals surface area contributed by atoms with Gasteiger partial charge in [0.1, 0.15) is 0 Å². The van der Waals surface area contributed by atoms with E-state index >= 15 is 0 Å². The Morgan fingerprint density at radius 3 is 0.895 bits per heavy atom. The van der Waals surface area contributed by atoms with Crippen LogP contribution in [0.15, 0.2) is 36.4 Å². The van der Waals surface area contributed by atoms with Crippen LogP contribution in [0.3, 0.4) is 0 Å². The summed E-state index contributed by atoms with van der Waals surface area (Å²) in [5.41, 5.74) is 5.56. The molecule has 0 saturated heterocycles. The van der Waals surface area contributed by atoms with E-state index in [0.29, 0.717) is 0 Å². The fraction of sp³-hybridized carbons (Fsp3) is 0.375. The van der Waals surface area contributed by atoms with Crippen molar-refractivity contribution in [3.05, 3.63) is 58.7 Å². The molecule has 0 fully saturated rings. The van der Waals surface area contributed by atoms with E-state index in [9.17, 15) is 0 Å². The molecule has 3 heteroatoms. The first-order valence-corrected chi connectivity index (χ1v) is 8.45. The van der Waals surface area contributed by atoms with Crippen molar-refractivity contribution in [1.29, 1.82) is 0 Å². The number of halogens is 1. The molecule has 0 N–H and O–H groups in total. The predicted molar refractivity (Wildman–Crippen MR) is 89.1 cm³/mol. The van der Waals surface area contributed by atoms with Crippen molar-refractivity contribution in [2.45, 2.75) is 40.8 Å². The molecular weight excluding hydrogens is 345 g/mol. The van der Waals surface area contributed by atoms with Gasteiger partial charge in [0.25, 0.3) is 0 Å². The molecule has 0 amide bonds. The topological polar surface area (TPSA) is 0 Å². The molecule has 2 aromatic carbocycles. The Bertz CT molecular complexity index is 333. The van der Waals surface area contributed by atoms with Gasteiger partial charge >= 0.3 is 0 Å². The van der Waals surface area contributed by atoms with Crippen LogP contribution in [0.5, 0.6) is 0 Å². The zero-order valence-electron chi connectivity index (χ0n) is 13.0. The van der Waals surface area contributed by atoms with E-state index < -0.39 is 0 Å². The van der Waals surface area contributed by atoms with Gasteiger partial charge < -0.3 is 0 Å². The van der Waals surface area contributed by atoms with Crippen molar-refractivity contribution >= 4 is 21.9 Å². The second-order valence-electron chi connectivity index (χ2n) is 4.36. The molecule has 2 rings (SSSR count). The summed E-state index contributed by atoms with van der Waals surface area (Å²) in [5, 5.41) is 0. The maximum atomic E-state index is 2.21. The van der Waals surface area contributed by atoms with Crippen LogP contribution in [0, 0.1) is 27.7 Å². The van der Waals surface area contributed by atoms with Crippen LogP contribution in [-0.4, -0.2) is 9.52 Å². The first-order valence-electron chi connectivity index (χ1n) is 6.14. The summed E-state index contributed by atoms with van der Waals surface area (Å²) in [6.07, 6.45) is 0. The van der Waals surface area contributed by atoms with Gasteiger partial charge in [-0.25, -0.2) is 0 Å². The molecule has 0 bridgehead atoms. The molecule has 0 unspecified atom stereocenters. The van der Waals surface area contributed by atoms with Gasteiger partial charge in [-0.1, -0.05) is 40.8 Å². The zero-order valence-corrected chi connectivity index (χ0v) is 17.8.